The van der Waals surface area contributed by atoms with Gasteiger partial charge in [-0.15, -0.1) is 0 Å². The molecular formula is C15H21NO4S. The van der Waals surface area contributed by atoms with Gasteiger partial charge >= 0.3 is 0 Å². The van der Waals surface area contributed by atoms with Crippen LogP contribution in [0.25, 0.3) is 0 Å². The maximum Gasteiger partial charge on any atom is 0.243 e. The summed E-state index contributed by atoms with van der Waals surface area (Å²) in [4.78, 5) is 0.310. The highest BCUT2D eigenvalue weighted by Gasteiger charge is 2.44. The number of hydrogen-bond donors (Lipinski definition) is 1. The molecule has 0 amide bonds. The van der Waals surface area contributed by atoms with Crippen molar-refractivity contribution in [2.45, 2.75) is 36.6 Å². The maximum atomic E-state index is 12.9. The Labute approximate surface area is 125 Å². The van der Waals surface area contributed by atoms with Crippen molar-refractivity contribution < 1.29 is 18.3 Å². The molecule has 1 aromatic rings. The Morgan fingerprint density at radius 1 is 1.38 bits per heavy atom. The van der Waals surface area contributed by atoms with E-state index in [0.29, 0.717) is 35.1 Å². The fraction of sp³-hybridized carbons (Fsp3) is 0.600. The Bertz CT molecular complexity index is 629. The second-order valence-electron chi connectivity index (χ2n) is 5.85. The summed E-state index contributed by atoms with van der Waals surface area (Å²) < 4.78 is 32.7. The van der Waals surface area contributed by atoms with Crippen LogP contribution < -0.4 is 4.74 Å². The lowest BCUT2D eigenvalue weighted by atomic mass is 10.1. The number of aliphatic hydroxyl groups is 1. The van der Waals surface area contributed by atoms with Gasteiger partial charge in [0, 0.05) is 19.2 Å². The normalized spacial score (nSPS) is 25.4. The van der Waals surface area contributed by atoms with Crippen LogP contribution in [0.2, 0.25) is 0 Å². The van der Waals surface area contributed by atoms with E-state index in [-0.39, 0.29) is 12.6 Å². The predicted molar refractivity (Wildman–Crippen MR) is 78.8 cm³/mol. The van der Waals surface area contributed by atoms with Crippen molar-refractivity contribution in [3.63, 3.8) is 0 Å². The molecule has 0 aromatic heterocycles. The van der Waals surface area contributed by atoms with Gasteiger partial charge in [0.25, 0.3) is 0 Å². The van der Waals surface area contributed by atoms with Crippen molar-refractivity contribution in [2.24, 2.45) is 5.92 Å². The highest BCUT2D eigenvalue weighted by molar-refractivity contribution is 7.89. The average molecular weight is 311 g/mol. The van der Waals surface area contributed by atoms with Crippen molar-refractivity contribution >= 4 is 10.0 Å². The molecule has 1 saturated heterocycles. The topological polar surface area (TPSA) is 66.8 Å². The fourth-order valence-corrected chi connectivity index (χ4v) is 5.53. The van der Waals surface area contributed by atoms with Crippen LogP contribution in [0.4, 0.5) is 0 Å². The van der Waals surface area contributed by atoms with E-state index >= 15 is 0 Å². The molecule has 116 valence electrons. The van der Waals surface area contributed by atoms with Gasteiger partial charge in [0.15, 0.2) is 0 Å². The second-order valence-corrected chi connectivity index (χ2v) is 7.71. The Morgan fingerprint density at radius 2 is 2.19 bits per heavy atom. The minimum Gasteiger partial charge on any atom is -0.497 e. The molecule has 3 rings (SSSR count). The number of nitrogens with zero attached hydrogens (tertiary/aromatic N) is 1. The van der Waals surface area contributed by atoms with Gasteiger partial charge in [-0.2, -0.15) is 4.31 Å². The Kier molecular flexibility index (Phi) is 3.94. The minimum atomic E-state index is -3.48. The molecule has 2 fully saturated rings. The Hall–Kier alpha value is -1.11. The van der Waals surface area contributed by atoms with E-state index in [1.807, 2.05) is 0 Å². The monoisotopic (exact) mass is 311 g/mol. The first-order chi connectivity index (χ1) is 10.1. The Morgan fingerprint density at radius 3 is 2.76 bits per heavy atom. The molecule has 0 radical (unpaired) electrons. The minimum absolute atomic E-state index is 0.0816. The molecule has 1 heterocycles. The molecule has 0 spiro atoms. The van der Waals surface area contributed by atoms with Gasteiger partial charge in [-0.1, -0.05) is 0 Å². The predicted octanol–water partition coefficient (Wildman–Crippen LogP) is 1.40. The third-order valence-corrected chi connectivity index (χ3v) is 6.61. The average Bonchev–Trinajstić information content (AvgIpc) is 3.10. The van der Waals surface area contributed by atoms with Gasteiger partial charge in [-0.3, -0.25) is 0 Å². The quantitative estimate of drug-likeness (QED) is 0.892. The molecule has 1 aliphatic carbocycles. The van der Waals surface area contributed by atoms with Crippen LogP contribution >= 0.6 is 0 Å². The molecule has 2 aliphatic rings. The lowest BCUT2D eigenvalue weighted by molar-refractivity contribution is 0.298. The molecule has 2 unspecified atom stereocenters. The van der Waals surface area contributed by atoms with E-state index in [0.717, 1.165) is 19.3 Å². The second kappa shape index (κ2) is 5.59. The van der Waals surface area contributed by atoms with Gasteiger partial charge in [0.1, 0.15) is 5.75 Å². The van der Waals surface area contributed by atoms with Crippen LogP contribution in [0.3, 0.4) is 0 Å². The number of methoxy groups -OCH3 is 1. The number of sulfonamides is 1. The summed E-state index contributed by atoms with van der Waals surface area (Å²) in [6, 6.07) is 5.13. The van der Waals surface area contributed by atoms with Gasteiger partial charge in [0.2, 0.25) is 10.0 Å². The van der Waals surface area contributed by atoms with Crippen LogP contribution in [-0.4, -0.2) is 44.1 Å². The zero-order chi connectivity index (χ0) is 15.0. The number of aliphatic hydroxyl groups excluding tert-OH is 1. The number of fused-ring (bicyclic) bond motifs is 2. The molecule has 21 heavy (non-hydrogen) atoms. The van der Waals surface area contributed by atoms with Crippen molar-refractivity contribution in [3.05, 3.63) is 23.8 Å². The number of ether oxygens (including phenoxy) is 1. The van der Waals surface area contributed by atoms with E-state index in [2.05, 4.69) is 0 Å². The van der Waals surface area contributed by atoms with E-state index < -0.39 is 10.0 Å². The zero-order valence-corrected chi connectivity index (χ0v) is 13.0. The van der Waals surface area contributed by atoms with Crippen LogP contribution in [0.5, 0.6) is 5.75 Å². The number of hydrogen-bond acceptors (Lipinski definition) is 4. The summed E-state index contributed by atoms with van der Waals surface area (Å²) in [5, 5.41) is 9.19. The van der Waals surface area contributed by atoms with Gasteiger partial charge < -0.3 is 9.84 Å². The smallest absolute Gasteiger partial charge is 0.243 e. The SMILES string of the molecule is COc1ccc(S(=O)(=O)N2CC3CCC2C3)c(CCO)c1. The van der Waals surface area contributed by atoms with Gasteiger partial charge in [0.05, 0.1) is 12.0 Å². The summed E-state index contributed by atoms with van der Waals surface area (Å²) >= 11 is 0. The van der Waals surface area contributed by atoms with E-state index in [4.69, 9.17) is 4.74 Å². The standard InChI is InChI=1S/C15H21NO4S/c1-20-14-4-5-15(12(9-14)6-7-17)21(18,19)16-10-11-2-3-13(16)8-11/h4-5,9,11,13,17H,2-3,6-8,10H2,1H3. The summed E-state index contributed by atoms with van der Waals surface area (Å²) in [5.74, 6) is 1.13. The van der Waals surface area contributed by atoms with Crippen LogP contribution in [0, 0.1) is 5.92 Å². The van der Waals surface area contributed by atoms with Crippen molar-refractivity contribution in [2.75, 3.05) is 20.3 Å². The van der Waals surface area contributed by atoms with E-state index in [1.165, 1.54) is 0 Å². The summed E-state index contributed by atoms with van der Waals surface area (Å²) in [6.45, 7) is 0.555. The van der Waals surface area contributed by atoms with Crippen LogP contribution in [-0.2, 0) is 16.4 Å². The molecule has 6 heteroatoms. The first kappa shape index (κ1) is 14.8. The lowest BCUT2D eigenvalue weighted by Crippen LogP contribution is -2.38. The summed E-state index contributed by atoms with van der Waals surface area (Å²) in [5.41, 5.74) is 0.625. The number of benzene rings is 1. The van der Waals surface area contributed by atoms with Crippen molar-refractivity contribution in [3.8, 4) is 5.75 Å². The van der Waals surface area contributed by atoms with Crippen molar-refractivity contribution in [1.29, 1.82) is 0 Å². The van der Waals surface area contributed by atoms with E-state index in [1.54, 1.807) is 29.6 Å². The first-order valence-corrected chi connectivity index (χ1v) is 8.80. The van der Waals surface area contributed by atoms with Crippen molar-refractivity contribution in [1.82, 2.24) is 4.31 Å². The highest BCUT2D eigenvalue weighted by atomic mass is 32.2. The lowest BCUT2D eigenvalue weighted by Gasteiger charge is -2.27. The molecule has 1 aliphatic heterocycles. The molecule has 1 N–H and O–H groups in total. The largest absolute Gasteiger partial charge is 0.497 e. The fourth-order valence-electron chi connectivity index (χ4n) is 3.55. The van der Waals surface area contributed by atoms with Crippen LogP contribution in [0.1, 0.15) is 24.8 Å². The third kappa shape index (κ3) is 2.56. The van der Waals surface area contributed by atoms with Gasteiger partial charge in [-0.25, -0.2) is 8.42 Å². The molecular weight excluding hydrogens is 290 g/mol. The van der Waals surface area contributed by atoms with Crippen LogP contribution in [0.15, 0.2) is 23.1 Å². The highest BCUT2D eigenvalue weighted by Crippen LogP contribution is 2.41. The third-order valence-electron chi connectivity index (χ3n) is 4.59. The zero-order valence-electron chi connectivity index (χ0n) is 12.2. The number of rotatable bonds is 5. The molecule has 1 aromatic carbocycles. The summed E-state index contributed by atoms with van der Waals surface area (Å²) in [6.07, 6.45) is 3.41. The molecule has 2 atom stereocenters. The first-order valence-electron chi connectivity index (χ1n) is 7.36. The Balaban J connectivity index is 1.98. The molecule has 5 nitrogen and oxygen atoms in total. The summed E-state index contributed by atoms with van der Waals surface area (Å²) in [7, 11) is -1.93. The molecule has 2 bridgehead atoms. The molecule has 1 saturated carbocycles. The number of piperidine rings is 1. The van der Waals surface area contributed by atoms with Gasteiger partial charge in [-0.05, 0) is 55.4 Å². The maximum absolute atomic E-state index is 12.9. The van der Waals surface area contributed by atoms with E-state index in [9.17, 15) is 13.5 Å².